The zero-order valence-electron chi connectivity index (χ0n) is 12.0. The molecule has 122 valence electrons. The Kier molecular flexibility index (Phi) is 3.89. The Morgan fingerprint density at radius 3 is 2.52 bits per heavy atom. The number of halogens is 3. The summed E-state index contributed by atoms with van der Waals surface area (Å²) in [6.07, 6.45) is -0.930. The first-order valence-electron chi connectivity index (χ1n) is 6.97. The smallest absolute Gasteiger partial charge is 0.317 e. The van der Waals surface area contributed by atoms with Gasteiger partial charge in [0.1, 0.15) is 0 Å². The molecule has 23 heavy (non-hydrogen) atoms. The third-order valence-corrected chi connectivity index (χ3v) is 4.59. The fraction of sp³-hybridized carbons (Fsp3) is 0.333. The number of benzene rings is 1. The third kappa shape index (κ3) is 3.70. The van der Waals surface area contributed by atoms with Crippen LogP contribution in [0.1, 0.15) is 28.8 Å². The van der Waals surface area contributed by atoms with Crippen molar-refractivity contribution in [2.45, 2.75) is 31.0 Å². The quantitative estimate of drug-likeness (QED) is 0.897. The molecule has 4 nitrogen and oxygen atoms in total. The molecule has 0 aliphatic heterocycles. The van der Waals surface area contributed by atoms with Crippen LogP contribution < -0.4 is 11.1 Å². The Morgan fingerprint density at radius 1 is 1.30 bits per heavy atom. The van der Waals surface area contributed by atoms with E-state index in [0.29, 0.717) is 24.4 Å². The summed E-state index contributed by atoms with van der Waals surface area (Å²) in [4.78, 5) is 16.8. The standard InChI is InChI=1S/C15H14F3N3OS/c16-15(17,18)10-3-1-9(2-4-10)7-11-8-20-13(23-11)21-12(22)14(19)5-6-14/h1-4,8H,5-7,19H2,(H,20,21,22). The van der Waals surface area contributed by atoms with Gasteiger partial charge in [-0.05, 0) is 30.5 Å². The minimum absolute atomic E-state index is 0.243. The first-order valence-corrected chi connectivity index (χ1v) is 7.79. The molecule has 3 rings (SSSR count). The largest absolute Gasteiger partial charge is 0.416 e. The van der Waals surface area contributed by atoms with Crippen LogP contribution in [0.3, 0.4) is 0 Å². The van der Waals surface area contributed by atoms with Crippen LogP contribution in [0.2, 0.25) is 0 Å². The molecule has 1 saturated carbocycles. The van der Waals surface area contributed by atoms with Crippen LogP contribution in [-0.4, -0.2) is 16.4 Å². The minimum Gasteiger partial charge on any atom is -0.317 e. The fourth-order valence-electron chi connectivity index (χ4n) is 2.04. The zero-order chi connectivity index (χ0) is 16.7. The van der Waals surface area contributed by atoms with E-state index >= 15 is 0 Å². The van der Waals surface area contributed by atoms with Gasteiger partial charge in [-0.3, -0.25) is 4.79 Å². The third-order valence-electron chi connectivity index (χ3n) is 3.67. The predicted molar refractivity (Wildman–Crippen MR) is 81.1 cm³/mol. The molecule has 1 aliphatic carbocycles. The minimum atomic E-state index is -4.33. The topological polar surface area (TPSA) is 68.0 Å². The molecule has 1 aromatic heterocycles. The molecular formula is C15H14F3N3OS. The van der Waals surface area contributed by atoms with Crippen molar-refractivity contribution in [3.05, 3.63) is 46.5 Å². The summed E-state index contributed by atoms with van der Waals surface area (Å²) in [7, 11) is 0. The number of carbonyl (C=O) groups is 1. The van der Waals surface area contributed by atoms with Crippen molar-refractivity contribution < 1.29 is 18.0 Å². The Bertz CT molecular complexity index is 720. The number of nitrogens with two attached hydrogens (primary N) is 1. The molecular weight excluding hydrogens is 327 g/mol. The van der Waals surface area contributed by atoms with E-state index < -0.39 is 17.3 Å². The number of nitrogens with one attached hydrogen (secondary N) is 1. The second-order valence-electron chi connectivity index (χ2n) is 5.61. The number of aromatic nitrogens is 1. The highest BCUT2D eigenvalue weighted by atomic mass is 32.1. The van der Waals surface area contributed by atoms with Crippen LogP contribution in [0.15, 0.2) is 30.5 Å². The lowest BCUT2D eigenvalue weighted by Crippen LogP contribution is -2.37. The summed E-state index contributed by atoms with van der Waals surface area (Å²) >= 11 is 1.29. The monoisotopic (exact) mass is 341 g/mol. The van der Waals surface area contributed by atoms with Crippen molar-refractivity contribution in [1.82, 2.24) is 4.98 Å². The van der Waals surface area contributed by atoms with E-state index in [4.69, 9.17) is 5.73 Å². The van der Waals surface area contributed by atoms with Crippen molar-refractivity contribution >= 4 is 22.4 Å². The molecule has 1 heterocycles. The number of carbonyl (C=O) groups excluding carboxylic acids is 1. The first kappa shape index (κ1) is 15.9. The maximum atomic E-state index is 12.5. The Labute approximate surface area is 134 Å². The van der Waals surface area contributed by atoms with Gasteiger partial charge in [0, 0.05) is 17.5 Å². The van der Waals surface area contributed by atoms with Crippen molar-refractivity contribution in [3.63, 3.8) is 0 Å². The van der Waals surface area contributed by atoms with Gasteiger partial charge in [-0.1, -0.05) is 12.1 Å². The van der Waals surface area contributed by atoms with E-state index in [0.717, 1.165) is 22.6 Å². The van der Waals surface area contributed by atoms with E-state index in [1.54, 1.807) is 6.20 Å². The van der Waals surface area contributed by atoms with E-state index in [2.05, 4.69) is 10.3 Å². The second-order valence-corrected chi connectivity index (χ2v) is 6.73. The van der Waals surface area contributed by atoms with Gasteiger partial charge < -0.3 is 11.1 Å². The molecule has 1 aliphatic rings. The van der Waals surface area contributed by atoms with Gasteiger partial charge in [-0.2, -0.15) is 13.2 Å². The number of hydrogen-bond acceptors (Lipinski definition) is 4. The Balaban J connectivity index is 1.63. The number of amides is 1. The second kappa shape index (κ2) is 5.61. The highest BCUT2D eigenvalue weighted by Crippen LogP contribution is 2.34. The van der Waals surface area contributed by atoms with Gasteiger partial charge in [0.05, 0.1) is 11.1 Å². The number of anilines is 1. The molecule has 0 bridgehead atoms. The van der Waals surface area contributed by atoms with Crippen molar-refractivity contribution in [2.75, 3.05) is 5.32 Å². The number of thiazole rings is 1. The maximum Gasteiger partial charge on any atom is 0.416 e. The summed E-state index contributed by atoms with van der Waals surface area (Å²) in [5.41, 5.74) is 5.10. The van der Waals surface area contributed by atoms with Crippen molar-refractivity contribution in [1.29, 1.82) is 0 Å². The average molecular weight is 341 g/mol. The fourth-order valence-corrected chi connectivity index (χ4v) is 2.88. The molecule has 0 atom stereocenters. The van der Waals surface area contributed by atoms with Crippen LogP contribution in [0.4, 0.5) is 18.3 Å². The van der Waals surface area contributed by atoms with Gasteiger partial charge in [0.2, 0.25) is 5.91 Å². The summed E-state index contributed by atoms with van der Waals surface area (Å²) in [5, 5.41) is 3.13. The van der Waals surface area contributed by atoms with Gasteiger partial charge in [0.15, 0.2) is 5.13 Å². The van der Waals surface area contributed by atoms with E-state index in [9.17, 15) is 18.0 Å². The number of nitrogens with zero attached hydrogens (tertiary/aromatic N) is 1. The number of alkyl halides is 3. The predicted octanol–water partition coefficient (Wildman–Crippen LogP) is 3.18. The van der Waals surface area contributed by atoms with Crippen molar-refractivity contribution in [2.24, 2.45) is 5.73 Å². The SMILES string of the molecule is NC1(C(=O)Nc2ncc(Cc3ccc(C(F)(F)F)cc3)s2)CC1. The normalized spacial score (nSPS) is 16.2. The average Bonchev–Trinajstić information content (AvgIpc) is 3.09. The lowest BCUT2D eigenvalue weighted by atomic mass is 10.1. The Morgan fingerprint density at radius 2 is 1.96 bits per heavy atom. The maximum absolute atomic E-state index is 12.5. The molecule has 0 radical (unpaired) electrons. The van der Waals surface area contributed by atoms with Crippen LogP contribution in [0.5, 0.6) is 0 Å². The summed E-state index contributed by atoms with van der Waals surface area (Å²) in [6, 6.07) is 5.01. The van der Waals surface area contributed by atoms with Gasteiger partial charge in [-0.15, -0.1) is 11.3 Å². The summed E-state index contributed by atoms with van der Waals surface area (Å²) in [5.74, 6) is -0.243. The lowest BCUT2D eigenvalue weighted by molar-refractivity contribution is -0.137. The zero-order valence-corrected chi connectivity index (χ0v) is 12.8. The highest BCUT2D eigenvalue weighted by molar-refractivity contribution is 7.15. The molecule has 0 spiro atoms. The summed E-state index contributed by atoms with van der Waals surface area (Å²) < 4.78 is 37.5. The molecule has 1 fully saturated rings. The van der Waals surface area contributed by atoms with Crippen LogP contribution in [-0.2, 0) is 17.4 Å². The van der Waals surface area contributed by atoms with Crippen LogP contribution in [0, 0.1) is 0 Å². The molecule has 3 N–H and O–H groups in total. The molecule has 2 aromatic rings. The molecule has 1 amide bonds. The highest BCUT2D eigenvalue weighted by Gasteiger charge is 2.46. The molecule has 0 saturated heterocycles. The number of hydrogen-bond donors (Lipinski definition) is 2. The molecule has 8 heteroatoms. The van der Waals surface area contributed by atoms with Gasteiger partial charge in [0.25, 0.3) is 0 Å². The molecule has 1 aromatic carbocycles. The number of rotatable bonds is 4. The lowest BCUT2D eigenvalue weighted by Gasteiger charge is -2.07. The van der Waals surface area contributed by atoms with Gasteiger partial charge >= 0.3 is 6.18 Å². The molecule has 0 unspecified atom stereocenters. The Hall–Kier alpha value is -1.93. The van der Waals surface area contributed by atoms with E-state index in [1.165, 1.54) is 23.5 Å². The summed E-state index contributed by atoms with van der Waals surface area (Å²) in [6.45, 7) is 0. The first-order chi connectivity index (χ1) is 10.8. The van der Waals surface area contributed by atoms with Crippen LogP contribution >= 0.6 is 11.3 Å². The van der Waals surface area contributed by atoms with Crippen LogP contribution in [0.25, 0.3) is 0 Å². The van der Waals surface area contributed by atoms with Crippen molar-refractivity contribution in [3.8, 4) is 0 Å². The van der Waals surface area contributed by atoms with E-state index in [-0.39, 0.29) is 5.91 Å². The van der Waals surface area contributed by atoms with E-state index in [1.807, 2.05) is 0 Å². The van der Waals surface area contributed by atoms with Gasteiger partial charge in [-0.25, -0.2) is 4.98 Å².